The summed E-state index contributed by atoms with van der Waals surface area (Å²) in [6.07, 6.45) is 1.31. The van der Waals surface area contributed by atoms with Crippen molar-refractivity contribution in [3.05, 3.63) is 68.4 Å². The van der Waals surface area contributed by atoms with Gasteiger partial charge in [0.2, 0.25) is 0 Å². The number of amides is 1. The first kappa shape index (κ1) is 15.8. The molecule has 1 amide bonds. The fraction of sp³-hybridized carbons (Fsp3) is 0. The van der Waals surface area contributed by atoms with E-state index in [0.717, 1.165) is 6.07 Å². The third-order valence-electron chi connectivity index (χ3n) is 2.51. The van der Waals surface area contributed by atoms with E-state index in [1.807, 2.05) is 0 Å². The van der Waals surface area contributed by atoms with Gasteiger partial charge in [0.25, 0.3) is 5.91 Å². The number of hydrazone groups is 1. The van der Waals surface area contributed by atoms with Crippen LogP contribution < -0.4 is 5.43 Å². The summed E-state index contributed by atoms with van der Waals surface area (Å²) in [7, 11) is 0. The summed E-state index contributed by atoms with van der Waals surface area (Å²) in [6, 6.07) is 8.33. The second kappa shape index (κ2) is 6.89. The molecule has 0 aromatic heterocycles. The van der Waals surface area contributed by atoms with Crippen LogP contribution in [0.15, 0.2) is 41.5 Å². The highest BCUT2D eigenvalue weighted by Gasteiger charge is 2.09. The Morgan fingerprint density at radius 1 is 1.10 bits per heavy atom. The molecule has 0 saturated carbocycles. The molecule has 3 nitrogen and oxygen atoms in total. The number of nitrogens with zero attached hydrogens (tertiary/aromatic N) is 1. The molecule has 0 aliphatic rings. The molecule has 0 aliphatic heterocycles. The maximum absolute atomic E-state index is 12.9. The van der Waals surface area contributed by atoms with Gasteiger partial charge in [0.15, 0.2) is 0 Å². The van der Waals surface area contributed by atoms with Crippen LogP contribution >= 0.6 is 34.8 Å². The topological polar surface area (TPSA) is 41.5 Å². The quantitative estimate of drug-likeness (QED) is 0.643. The van der Waals surface area contributed by atoms with Gasteiger partial charge in [0.1, 0.15) is 5.82 Å². The summed E-state index contributed by atoms with van der Waals surface area (Å²) in [5.41, 5.74) is 3.01. The van der Waals surface area contributed by atoms with Crippen molar-refractivity contribution in [2.24, 2.45) is 5.10 Å². The third kappa shape index (κ3) is 4.17. The summed E-state index contributed by atoms with van der Waals surface area (Å²) < 4.78 is 12.9. The lowest BCUT2D eigenvalue weighted by molar-refractivity contribution is 0.0955. The number of carbonyl (C=O) groups is 1. The molecule has 0 atom stereocenters. The summed E-state index contributed by atoms with van der Waals surface area (Å²) >= 11 is 17.5. The lowest BCUT2D eigenvalue weighted by Gasteiger charge is -2.03. The van der Waals surface area contributed by atoms with Crippen LogP contribution in [0.4, 0.5) is 4.39 Å². The van der Waals surface area contributed by atoms with E-state index in [9.17, 15) is 9.18 Å². The van der Waals surface area contributed by atoms with E-state index < -0.39 is 11.7 Å². The van der Waals surface area contributed by atoms with Crippen LogP contribution in [0, 0.1) is 5.82 Å². The largest absolute Gasteiger partial charge is 0.272 e. The predicted molar refractivity (Wildman–Crippen MR) is 82.9 cm³/mol. The molecular weight excluding hydrogens is 338 g/mol. The summed E-state index contributed by atoms with van der Waals surface area (Å²) in [6.45, 7) is 0. The monoisotopic (exact) mass is 344 g/mol. The molecule has 0 bridgehead atoms. The minimum absolute atomic E-state index is 0.192. The van der Waals surface area contributed by atoms with Crippen molar-refractivity contribution in [1.82, 2.24) is 5.43 Å². The van der Waals surface area contributed by atoms with Crippen molar-refractivity contribution in [2.75, 3.05) is 0 Å². The molecule has 0 aliphatic carbocycles. The lowest BCUT2D eigenvalue weighted by atomic mass is 10.2. The standard InChI is InChI=1S/C14H8Cl3FN2O/c15-9-2-4-11(13(17)5-9)14(21)20-19-7-8-1-3-10(18)6-12(8)16/h1-7H,(H,20,21). The number of carbonyl (C=O) groups excluding carboxylic acids is 1. The van der Waals surface area contributed by atoms with Crippen molar-refractivity contribution in [2.45, 2.75) is 0 Å². The summed E-state index contributed by atoms with van der Waals surface area (Å²) in [5.74, 6) is -0.944. The molecule has 0 radical (unpaired) electrons. The molecule has 0 fully saturated rings. The molecule has 21 heavy (non-hydrogen) atoms. The second-order valence-corrected chi connectivity index (χ2v) is 5.24. The van der Waals surface area contributed by atoms with Gasteiger partial charge in [-0.1, -0.05) is 34.8 Å². The molecule has 1 N–H and O–H groups in total. The molecular formula is C14H8Cl3FN2O. The van der Waals surface area contributed by atoms with Gasteiger partial charge < -0.3 is 0 Å². The van der Waals surface area contributed by atoms with Crippen LogP contribution in [0.25, 0.3) is 0 Å². The van der Waals surface area contributed by atoms with Crippen LogP contribution in [0.1, 0.15) is 15.9 Å². The Hall–Kier alpha value is -1.62. The van der Waals surface area contributed by atoms with Gasteiger partial charge in [0, 0.05) is 10.6 Å². The fourth-order valence-corrected chi connectivity index (χ4v) is 2.21. The Morgan fingerprint density at radius 3 is 2.52 bits per heavy atom. The van der Waals surface area contributed by atoms with E-state index in [4.69, 9.17) is 34.8 Å². The Morgan fingerprint density at radius 2 is 1.86 bits per heavy atom. The molecule has 0 heterocycles. The highest BCUT2D eigenvalue weighted by molar-refractivity contribution is 6.36. The second-order valence-electron chi connectivity index (χ2n) is 3.99. The van der Waals surface area contributed by atoms with E-state index >= 15 is 0 Å². The highest BCUT2D eigenvalue weighted by atomic mass is 35.5. The molecule has 2 aromatic rings. The number of hydrogen-bond acceptors (Lipinski definition) is 2. The molecule has 108 valence electrons. The average Bonchev–Trinajstić information content (AvgIpc) is 2.41. The Kier molecular flexibility index (Phi) is 5.17. The maximum Gasteiger partial charge on any atom is 0.272 e. The zero-order valence-electron chi connectivity index (χ0n) is 10.4. The fourth-order valence-electron chi connectivity index (χ4n) is 1.50. The zero-order valence-corrected chi connectivity index (χ0v) is 12.7. The average molecular weight is 346 g/mol. The number of hydrogen-bond donors (Lipinski definition) is 1. The van der Waals surface area contributed by atoms with Crippen LogP contribution in [0.2, 0.25) is 15.1 Å². The third-order valence-corrected chi connectivity index (χ3v) is 3.38. The van der Waals surface area contributed by atoms with E-state index in [0.29, 0.717) is 10.6 Å². The molecule has 2 aromatic carbocycles. The first-order valence-electron chi connectivity index (χ1n) is 5.71. The van der Waals surface area contributed by atoms with E-state index in [2.05, 4.69) is 10.5 Å². The Bertz CT molecular complexity index is 719. The van der Waals surface area contributed by atoms with Crippen molar-refractivity contribution < 1.29 is 9.18 Å². The normalized spacial score (nSPS) is 10.9. The van der Waals surface area contributed by atoms with Gasteiger partial charge in [-0.25, -0.2) is 9.82 Å². The SMILES string of the molecule is O=C(NN=Cc1ccc(F)cc1Cl)c1ccc(Cl)cc1Cl. The minimum Gasteiger partial charge on any atom is -0.267 e. The van der Waals surface area contributed by atoms with Crippen molar-refractivity contribution >= 4 is 46.9 Å². The van der Waals surface area contributed by atoms with E-state index in [-0.39, 0.29) is 15.6 Å². The molecule has 7 heteroatoms. The Balaban J connectivity index is 2.08. The lowest BCUT2D eigenvalue weighted by Crippen LogP contribution is -2.18. The maximum atomic E-state index is 12.9. The molecule has 0 saturated heterocycles. The smallest absolute Gasteiger partial charge is 0.267 e. The number of nitrogens with one attached hydrogen (secondary N) is 1. The number of rotatable bonds is 3. The van der Waals surface area contributed by atoms with Gasteiger partial charge >= 0.3 is 0 Å². The van der Waals surface area contributed by atoms with Crippen LogP contribution in [0.3, 0.4) is 0 Å². The van der Waals surface area contributed by atoms with Crippen LogP contribution in [-0.2, 0) is 0 Å². The first-order valence-corrected chi connectivity index (χ1v) is 6.84. The zero-order chi connectivity index (χ0) is 15.4. The van der Waals surface area contributed by atoms with Gasteiger partial charge in [-0.2, -0.15) is 5.10 Å². The van der Waals surface area contributed by atoms with Gasteiger partial charge in [-0.15, -0.1) is 0 Å². The molecule has 2 rings (SSSR count). The van der Waals surface area contributed by atoms with Crippen molar-refractivity contribution in [1.29, 1.82) is 0 Å². The van der Waals surface area contributed by atoms with Crippen LogP contribution in [0.5, 0.6) is 0 Å². The van der Waals surface area contributed by atoms with E-state index in [1.165, 1.54) is 30.5 Å². The van der Waals surface area contributed by atoms with Crippen molar-refractivity contribution in [3.8, 4) is 0 Å². The number of benzene rings is 2. The van der Waals surface area contributed by atoms with Crippen LogP contribution in [-0.4, -0.2) is 12.1 Å². The van der Waals surface area contributed by atoms with Gasteiger partial charge in [0.05, 0.1) is 21.8 Å². The van der Waals surface area contributed by atoms with Crippen molar-refractivity contribution in [3.63, 3.8) is 0 Å². The summed E-state index contributed by atoms with van der Waals surface area (Å²) in [5, 5.41) is 4.59. The number of halogens is 4. The first-order chi connectivity index (χ1) is 9.97. The van der Waals surface area contributed by atoms with Gasteiger partial charge in [-0.05, 0) is 36.4 Å². The molecule has 0 unspecified atom stereocenters. The Labute approximate surface area is 135 Å². The van der Waals surface area contributed by atoms with Gasteiger partial charge in [-0.3, -0.25) is 4.79 Å². The summed E-state index contributed by atoms with van der Waals surface area (Å²) in [4.78, 5) is 11.9. The predicted octanol–water partition coefficient (Wildman–Crippen LogP) is 4.55. The highest BCUT2D eigenvalue weighted by Crippen LogP contribution is 2.20. The van der Waals surface area contributed by atoms with E-state index in [1.54, 1.807) is 6.07 Å². The molecule has 0 spiro atoms. The minimum atomic E-state index is -0.494.